The number of aliphatic hydroxyl groups excluding tert-OH is 1. The number of benzene rings is 1. The third kappa shape index (κ3) is 2.35. The highest BCUT2D eigenvalue weighted by Crippen LogP contribution is 2.70. The number of anilines is 1. The standard InChI is InChI=1S/C26H29N3O4.CH4O/c1-22(2)8-6-14-10-15-16(11-17(14)33-22)27-20(31)25(15)13-26-18(23(25,3)4)12-24(19(30)28-26)7-5-9-29(24)21(26)32;1-2/h6,8,10-11,18H,5,7,9,12-13H2,1-4H3,(H,27,31)(H,28,30);2H,1H3/t18-,24+,25+,26+;/m1./s1. The fourth-order valence-electron chi connectivity index (χ4n) is 8.18. The molecule has 1 aliphatic carbocycles. The predicted octanol–water partition coefficient (Wildman–Crippen LogP) is 2.35. The normalized spacial score (nSPS) is 38.1. The van der Waals surface area contributed by atoms with Crippen molar-refractivity contribution in [3.63, 3.8) is 0 Å². The Labute approximate surface area is 205 Å². The molecule has 4 atom stereocenters. The summed E-state index contributed by atoms with van der Waals surface area (Å²) in [6.45, 7) is 8.86. The van der Waals surface area contributed by atoms with Crippen molar-refractivity contribution < 1.29 is 24.2 Å². The zero-order valence-electron chi connectivity index (χ0n) is 20.9. The number of aliphatic hydroxyl groups is 1. The second-order valence-corrected chi connectivity index (χ2v) is 12.0. The van der Waals surface area contributed by atoms with Crippen LogP contribution in [0.4, 0.5) is 5.69 Å². The summed E-state index contributed by atoms with van der Waals surface area (Å²) in [6.07, 6.45) is 6.55. The third-order valence-electron chi connectivity index (χ3n) is 9.81. The summed E-state index contributed by atoms with van der Waals surface area (Å²) in [5, 5.41) is 13.3. The van der Waals surface area contributed by atoms with Crippen LogP contribution >= 0.6 is 0 Å². The van der Waals surface area contributed by atoms with E-state index in [2.05, 4.69) is 36.6 Å². The van der Waals surface area contributed by atoms with Crippen LogP contribution < -0.4 is 15.4 Å². The maximum atomic E-state index is 13.9. The molecule has 0 unspecified atom stereocenters. The summed E-state index contributed by atoms with van der Waals surface area (Å²) in [5.41, 5.74) is -1.03. The number of amides is 3. The van der Waals surface area contributed by atoms with E-state index >= 15 is 0 Å². The topological polar surface area (TPSA) is 108 Å². The quantitative estimate of drug-likeness (QED) is 0.530. The van der Waals surface area contributed by atoms with Crippen molar-refractivity contribution in [2.24, 2.45) is 11.3 Å². The average Bonchev–Trinajstić information content (AvgIpc) is 3.41. The number of piperazine rings is 1. The molecule has 0 aromatic heterocycles. The van der Waals surface area contributed by atoms with E-state index < -0.39 is 27.5 Å². The van der Waals surface area contributed by atoms with Gasteiger partial charge >= 0.3 is 0 Å². The van der Waals surface area contributed by atoms with Gasteiger partial charge in [0.1, 0.15) is 22.4 Å². The monoisotopic (exact) mass is 479 g/mol. The predicted molar refractivity (Wildman–Crippen MR) is 130 cm³/mol. The molecule has 7 aliphatic rings. The fraction of sp³-hybridized carbons (Fsp3) is 0.593. The minimum atomic E-state index is -1.03. The van der Waals surface area contributed by atoms with Crippen molar-refractivity contribution >= 4 is 29.5 Å². The van der Waals surface area contributed by atoms with Gasteiger partial charge in [-0.3, -0.25) is 14.4 Å². The first-order valence-corrected chi connectivity index (χ1v) is 12.4. The lowest BCUT2D eigenvalue weighted by Gasteiger charge is -2.59. The molecule has 6 heterocycles. The van der Waals surface area contributed by atoms with Crippen LogP contribution in [-0.2, 0) is 19.8 Å². The molecule has 5 fully saturated rings. The molecule has 1 aromatic rings. The molecule has 4 saturated heterocycles. The highest BCUT2D eigenvalue weighted by molar-refractivity contribution is 6.11. The molecule has 8 rings (SSSR count). The lowest BCUT2D eigenvalue weighted by molar-refractivity contribution is -0.175. The van der Waals surface area contributed by atoms with Gasteiger partial charge in [-0.15, -0.1) is 0 Å². The zero-order chi connectivity index (χ0) is 25.2. The molecule has 35 heavy (non-hydrogen) atoms. The van der Waals surface area contributed by atoms with E-state index in [1.165, 1.54) is 0 Å². The van der Waals surface area contributed by atoms with Crippen molar-refractivity contribution in [3.8, 4) is 5.75 Å². The molecule has 8 nitrogen and oxygen atoms in total. The fourth-order valence-corrected chi connectivity index (χ4v) is 8.18. The minimum absolute atomic E-state index is 0.00462. The van der Waals surface area contributed by atoms with Gasteiger partial charge in [0.2, 0.25) is 17.7 Å². The van der Waals surface area contributed by atoms with Crippen molar-refractivity contribution in [2.45, 2.75) is 75.5 Å². The first-order chi connectivity index (χ1) is 16.5. The van der Waals surface area contributed by atoms with E-state index in [9.17, 15) is 14.4 Å². The summed E-state index contributed by atoms with van der Waals surface area (Å²) < 4.78 is 6.15. The number of rotatable bonds is 0. The van der Waals surface area contributed by atoms with Gasteiger partial charge in [0.25, 0.3) is 0 Å². The second kappa shape index (κ2) is 6.46. The summed E-state index contributed by atoms with van der Waals surface area (Å²) in [4.78, 5) is 42.9. The van der Waals surface area contributed by atoms with E-state index in [4.69, 9.17) is 9.84 Å². The summed E-state index contributed by atoms with van der Waals surface area (Å²) in [7, 11) is 1.00. The van der Waals surface area contributed by atoms with Crippen LogP contribution in [0.5, 0.6) is 5.75 Å². The van der Waals surface area contributed by atoms with Crippen LogP contribution in [0.1, 0.15) is 64.5 Å². The Morgan fingerprint density at radius 2 is 1.83 bits per heavy atom. The van der Waals surface area contributed by atoms with Crippen molar-refractivity contribution in [2.75, 3.05) is 19.0 Å². The largest absolute Gasteiger partial charge is 0.483 e. The molecule has 3 amide bonds. The summed E-state index contributed by atoms with van der Waals surface area (Å²) >= 11 is 0. The minimum Gasteiger partial charge on any atom is -0.483 e. The van der Waals surface area contributed by atoms with E-state index in [1.54, 1.807) is 0 Å². The summed E-state index contributed by atoms with van der Waals surface area (Å²) in [5.74, 6) is 0.522. The summed E-state index contributed by atoms with van der Waals surface area (Å²) in [6, 6.07) is 3.98. The maximum absolute atomic E-state index is 13.9. The number of hydrogen-bond acceptors (Lipinski definition) is 5. The molecular formula is C27H33N3O5. The van der Waals surface area contributed by atoms with Crippen LogP contribution in [0.25, 0.3) is 6.08 Å². The highest BCUT2D eigenvalue weighted by Gasteiger charge is 2.80. The number of piperidine rings is 2. The molecule has 8 heteroatoms. The van der Waals surface area contributed by atoms with Gasteiger partial charge in [0, 0.05) is 36.9 Å². The third-order valence-corrected chi connectivity index (χ3v) is 9.81. The molecule has 3 N–H and O–H groups in total. The Bertz CT molecular complexity index is 1240. The number of carbonyl (C=O) groups is 3. The molecular weight excluding hydrogens is 446 g/mol. The Morgan fingerprint density at radius 1 is 1.09 bits per heavy atom. The first kappa shape index (κ1) is 22.6. The molecule has 2 bridgehead atoms. The molecule has 186 valence electrons. The lowest BCUT2D eigenvalue weighted by Crippen LogP contribution is -2.81. The highest BCUT2D eigenvalue weighted by atomic mass is 16.5. The molecule has 1 saturated carbocycles. The van der Waals surface area contributed by atoms with Gasteiger partial charge in [0.15, 0.2) is 0 Å². The molecule has 0 radical (unpaired) electrons. The lowest BCUT2D eigenvalue weighted by atomic mass is 9.57. The molecule has 6 aliphatic heterocycles. The Morgan fingerprint density at radius 3 is 2.57 bits per heavy atom. The SMILES string of the molecule is CC1(C)C=Cc2cc3c(cc2O1)NC(=O)[C@]31C[C@@]23NC(=O)[C@]4(CCCN4C2=O)C[C@@H]3C1(C)C.CO. The Balaban J connectivity index is 0.00000112. The van der Waals surface area contributed by atoms with Gasteiger partial charge in [-0.1, -0.05) is 19.9 Å². The van der Waals surface area contributed by atoms with E-state index in [-0.39, 0.29) is 23.6 Å². The van der Waals surface area contributed by atoms with E-state index in [0.29, 0.717) is 25.8 Å². The average molecular weight is 480 g/mol. The number of nitrogens with zero attached hydrogens (tertiary/aromatic N) is 1. The van der Waals surface area contributed by atoms with Crippen LogP contribution in [0.3, 0.4) is 0 Å². The van der Waals surface area contributed by atoms with Gasteiger partial charge in [-0.05, 0) is 62.7 Å². The van der Waals surface area contributed by atoms with Crippen molar-refractivity contribution in [1.82, 2.24) is 10.2 Å². The second-order valence-electron chi connectivity index (χ2n) is 12.0. The van der Waals surface area contributed by atoms with Crippen LogP contribution in [0.2, 0.25) is 0 Å². The molecule has 1 aromatic carbocycles. The molecule has 3 spiro atoms. The van der Waals surface area contributed by atoms with Gasteiger partial charge in [-0.2, -0.15) is 0 Å². The number of nitrogens with one attached hydrogen (secondary N) is 2. The van der Waals surface area contributed by atoms with Crippen LogP contribution in [0, 0.1) is 11.3 Å². The number of carbonyl (C=O) groups excluding carboxylic acids is 3. The number of fused-ring (bicyclic) bond motifs is 4. The van der Waals surface area contributed by atoms with E-state index in [0.717, 1.165) is 36.1 Å². The van der Waals surface area contributed by atoms with Crippen molar-refractivity contribution in [3.05, 3.63) is 29.3 Å². The van der Waals surface area contributed by atoms with Gasteiger partial charge < -0.3 is 25.4 Å². The van der Waals surface area contributed by atoms with Crippen molar-refractivity contribution in [1.29, 1.82) is 0 Å². The maximum Gasteiger partial charge on any atom is 0.249 e. The first-order valence-electron chi connectivity index (χ1n) is 12.4. The van der Waals surface area contributed by atoms with E-state index in [1.807, 2.05) is 30.9 Å². The van der Waals surface area contributed by atoms with Gasteiger partial charge in [0.05, 0.1) is 5.41 Å². The number of ether oxygens (including phenoxy) is 1. The van der Waals surface area contributed by atoms with Crippen LogP contribution in [0.15, 0.2) is 18.2 Å². The zero-order valence-corrected chi connectivity index (χ0v) is 20.9. The number of hydrogen-bond donors (Lipinski definition) is 3. The van der Waals surface area contributed by atoms with Gasteiger partial charge in [-0.25, -0.2) is 0 Å². The smallest absolute Gasteiger partial charge is 0.249 e. The Hall–Kier alpha value is -2.87. The van der Waals surface area contributed by atoms with Crippen LogP contribution in [-0.4, -0.2) is 58.1 Å². The Kier molecular flexibility index (Phi) is 4.17.